The van der Waals surface area contributed by atoms with Gasteiger partial charge in [-0.25, -0.2) is 12.1 Å². The van der Waals surface area contributed by atoms with Gasteiger partial charge in [0.25, 0.3) is 0 Å². The van der Waals surface area contributed by atoms with Gasteiger partial charge in [-0.2, -0.15) is 6.07 Å². The van der Waals surface area contributed by atoms with E-state index in [1.54, 1.807) is 6.20 Å². The van der Waals surface area contributed by atoms with Crippen molar-refractivity contribution in [2.24, 2.45) is 0 Å². The fourth-order valence-electron chi connectivity index (χ4n) is 0.631. The quantitative estimate of drug-likeness (QED) is 0.699. The molecule has 11 heavy (non-hydrogen) atoms. The molecule has 1 aromatic heterocycles. The van der Waals surface area contributed by atoms with Crippen LogP contribution < -0.4 is 4.90 Å². The van der Waals surface area contributed by atoms with Crippen LogP contribution in [0.25, 0.3) is 0 Å². The Kier molecular flexibility index (Phi) is 5.70. The van der Waals surface area contributed by atoms with E-state index in [1.807, 2.05) is 24.1 Å². The standard InChI is InChI=1S/C8H10N2.Y/c1-3-10(2)8-6-4-5-7-9-8;/h4-5,7H,1,3H2,2H3;/q-2;. The van der Waals surface area contributed by atoms with Gasteiger partial charge in [0.15, 0.2) is 0 Å². The molecule has 0 aliphatic rings. The summed E-state index contributed by atoms with van der Waals surface area (Å²) in [4.78, 5) is 6.01. The molecule has 1 rings (SSSR count). The number of nitrogens with zero attached hydrogens (tertiary/aromatic N) is 2. The second-order valence-electron chi connectivity index (χ2n) is 2.03. The van der Waals surface area contributed by atoms with Crippen molar-refractivity contribution in [2.75, 3.05) is 18.5 Å². The van der Waals surface area contributed by atoms with Crippen molar-refractivity contribution < 1.29 is 32.7 Å². The SMILES string of the molecule is [CH2-]CN(C)c1[c-]cccn1.[Y]. The average molecular weight is 223 g/mol. The van der Waals surface area contributed by atoms with E-state index in [0.29, 0.717) is 6.54 Å². The zero-order valence-corrected chi connectivity index (χ0v) is 9.46. The predicted molar refractivity (Wildman–Crippen MR) is 41.7 cm³/mol. The summed E-state index contributed by atoms with van der Waals surface area (Å²) < 4.78 is 0. The molecule has 0 atom stereocenters. The molecule has 0 amide bonds. The Hall–Kier alpha value is 0.0539. The first-order chi connectivity index (χ1) is 4.84. The Morgan fingerprint density at radius 3 is 2.91 bits per heavy atom. The summed E-state index contributed by atoms with van der Waals surface area (Å²) >= 11 is 0. The van der Waals surface area contributed by atoms with E-state index in [9.17, 15) is 0 Å². The zero-order valence-electron chi connectivity index (χ0n) is 6.62. The molecule has 2 nitrogen and oxygen atoms in total. The topological polar surface area (TPSA) is 16.1 Å². The summed E-state index contributed by atoms with van der Waals surface area (Å²) in [5, 5.41) is 0. The van der Waals surface area contributed by atoms with Crippen LogP contribution in [0.2, 0.25) is 0 Å². The number of aromatic nitrogens is 1. The van der Waals surface area contributed by atoms with Gasteiger partial charge in [-0.05, 0) is 0 Å². The molecule has 0 saturated carbocycles. The molecule has 0 unspecified atom stereocenters. The van der Waals surface area contributed by atoms with Crippen LogP contribution in [-0.2, 0) is 32.7 Å². The molecule has 0 fully saturated rings. The van der Waals surface area contributed by atoms with Crippen LogP contribution in [0.4, 0.5) is 5.82 Å². The summed E-state index contributed by atoms with van der Waals surface area (Å²) in [6.45, 7) is 4.44. The van der Waals surface area contributed by atoms with Crippen LogP contribution in [0.3, 0.4) is 0 Å². The summed E-state index contributed by atoms with van der Waals surface area (Å²) in [6, 6.07) is 6.68. The number of rotatable bonds is 2. The monoisotopic (exact) mass is 223 g/mol. The third-order valence-corrected chi connectivity index (χ3v) is 1.29. The van der Waals surface area contributed by atoms with Crippen molar-refractivity contribution in [3.63, 3.8) is 0 Å². The van der Waals surface area contributed by atoms with E-state index in [-0.39, 0.29) is 32.7 Å². The molecule has 1 heterocycles. The van der Waals surface area contributed by atoms with Gasteiger partial charge in [0.05, 0.1) is 0 Å². The predicted octanol–water partition coefficient (Wildman–Crippen LogP) is 1.15. The van der Waals surface area contributed by atoms with Crippen molar-refractivity contribution in [3.8, 4) is 0 Å². The molecule has 57 valence electrons. The summed E-state index contributed by atoms with van der Waals surface area (Å²) in [6.07, 6.45) is 1.75. The molecule has 1 radical (unpaired) electrons. The van der Waals surface area contributed by atoms with Crippen molar-refractivity contribution in [3.05, 3.63) is 31.3 Å². The van der Waals surface area contributed by atoms with Crippen LogP contribution in [0.1, 0.15) is 0 Å². The van der Waals surface area contributed by atoms with Crippen LogP contribution in [0, 0.1) is 13.0 Å². The molecule has 0 aromatic carbocycles. The minimum atomic E-state index is 0. The van der Waals surface area contributed by atoms with Crippen LogP contribution in [-0.4, -0.2) is 18.6 Å². The zero-order chi connectivity index (χ0) is 7.40. The second kappa shape index (κ2) is 5.67. The number of pyridine rings is 1. The Morgan fingerprint density at radius 1 is 1.73 bits per heavy atom. The van der Waals surface area contributed by atoms with Gasteiger partial charge < -0.3 is 11.8 Å². The Morgan fingerprint density at radius 2 is 2.45 bits per heavy atom. The van der Waals surface area contributed by atoms with Crippen LogP contribution >= 0.6 is 0 Å². The minimum Gasteiger partial charge on any atom is -0.405 e. The van der Waals surface area contributed by atoms with Crippen LogP contribution in [0.5, 0.6) is 0 Å². The second-order valence-corrected chi connectivity index (χ2v) is 2.03. The summed E-state index contributed by atoms with van der Waals surface area (Å²) in [5.74, 6) is 0.845. The van der Waals surface area contributed by atoms with E-state index in [0.717, 1.165) is 5.82 Å². The van der Waals surface area contributed by atoms with E-state index < -0.39 is 0 Å². The molecule has 0 saturated heterocycles. The largest absolute Gasteiger partial charge is 0.405 e. The molecule has 1 aromatic rings. The smallest absolute Gasteiger partial charge is 0.0308 e. The molecular weight excluding hydrogens is 213 g/mol. The number of anilines is 1. The van der Waals surface area contributed by atoms with Crippen molar-refractivity contribution in [1.29, 1.82) is 0 Å². The number of hydrogen-bond donors (Lipinski definition) is 0. The Labute approximate surface area is 92.9 Å². The first-order valence-corrected chi connectivity index (χ1v) is 3.17. The summed E-state index contributed by atoms with van der Waals surface area (Å²) in [7, 11) is 1.94. The third-order valence-electron chi connectivity index (χ3n) is 1.29. The average Bonchev–Trinajstić information content (AvgIpc) is 2.05. The fourth-order valence-corrected chi connectivity index (χ4v) is 0.631. The maximum Gasteiger partial charge on any atom is 0.0308 e. The van der Waals surface area contributed by atoms with Gasteiger partial charge in [0.2, 0.25) is 0 Å². The summed E-state index contributed by atoms with van der Waals surface area (Å²) in [5.41, 5.74) is 0. The van der Waals surface area contributed by atoms with Gasteiger partial charge in [-0.15, -0.1) is 6.54 Å². The molecule has 0 aliphatic heterocycles. The molecule has 0 N–H and O–H groups in total. The molecule has 0 bridgehead atoms. The first-order valence-electron chi connectivity index (χ1n) is 3.17. The normalized spacial score (nSPS) is 8.55. The maximum absolute atomic E-state index is 4.08. The van der Waals surface area contributed by atoms with Gasteiger partial charge >= 0.3 is 0 Å². The van der Waals surface area contributed by atoms with Crippen molar-refractivity contribution >= 4 is 5.82 Å². The fraction of sp³-hybridized carbons (Fsp3) is 0.250. The first kappa shape index (κ1) is 11.1. The van der Waals surface area contributed by atoms with Gasteiger partial charge in [0.1, 0.15) is 0 Å². The van der Waals surface area contributed by atoms with Crippen molar-refractivity contribution in [2.45, 2.75) is 0 Å². The van der Waals surface area contributed by atoms with Crippen LogP contribution in [0.15, 0.2) is 18.3 Å². The Bertz CT molecular complexity index is 189. The van der Waals surface area contributed by atoms with Gasteiger partial charge in [0, 0.05) is 45.6 Å². The number of hydrogen-bond acceptors (Lipinski definition) is 2. The van der Waals surface area contributed by atoms with E-state index in [4.69, 9.17) is 0 Å². The molecule has 0 aliphatic carbocycles. The molecule has 3 heteroatoms. The minimum absolute atomic E-state index is 0. The van der Waals surface area contributed by atoms with Gasteiger partial charge in [-0.3, -0.25) is 4.98 Å². The van der Waals surface area contributed by atoms with E-state index >= 15 is 0 Å². The van der Waals surface area contributed by atoms with E-state index in [2.05, 4.69) is 18.0 Å². The third kappa shape index (κ3) is 3.30. The molecule has 0 spiro atoms. The molecular formula is C8H10N2Y-2. The van der Waals surface area contributed by atoms with E-state index in [1.165, 1.54) is 0 Å². The van der Waals surface area contributed by atoms with Gasteiger partial charge in [-0.1, -0.05) is 6.20 Å². The van der Waals surface area contributed by atoms with Crippen molar-refractivity contribution in [1.82, 2.24) is 4.98 Å². The Balaban J connectivity index is 0.000001000. The maximum atomic E-state index is 4.08.